The van der Waals surface area contributed by atoms with Crippen molar-refractivity contribution in [3.8, 4) is 0 Å². The molecule has 2 aromatic rings. The minimum absolute atomic E-state index is 0.0118. The van der Waals surface area contributed by atoms with Gasteiger partial charge in [-0.3, -0.25) is 15.0 Å². The minimum atomic E-state index is -5.11. The zero-order valence-corrected chi connectivity index (χ0v) is 17.7. The number of aryl methyl sites for hydroxylation is 1. The van der Waals surface area contributed by atoms with Crippen molar-refractivity contribution in [3.63, 3.8) is 0 Å². The fourth-order valence-corrected chi connectivity index (χ4v) is 4.59. The average Bonchev–Trinajstić information content (AvgIpc) is 3.09. The van der Waals surface area contributed by atoms with E-state index in [1.165, 1.54) is 29.6 Å². The van der Waals surface area contributed by atoms with Crippen LogP contribution in [0.5, 0.6) is 0 Å². The number of carbonyl (C=O) groups excluding carboxylic acids is 2. The van der Waals surface area contributed by atoms with Crippen molar-refractivity contribution in [2.75, 3.05) is 13.1 Å². The molecule has 33 heavy (non-hydrogen) atoms. The van der Waals surface area contributed by atoms with Crippen molar-refractivity contribution in [3.05, 3.63) is 70.0 Å². The Balaban J connectivity index is 1.57. The van der Waals surface area contributed by atoms with Crippen molar-refractivity contribution in [2.45, 2.75) is 38.0 Å². The lowest BCUT2D eigenvalue weighted by atomic mass is 9.83. The van der Waals surface area contributed by atoms with E-state index in [4.69, 9.17) is 5.41 Å². The fraction of sp³-hybridized carbons (Fsp3) is 0.348. The molecule has 2 amide bonds. The lowest BCUT2D eigenvalue weighted by Crippen LogP contribution is -2.48. The number of amidine groups is 1. The monoisotopic (exact) mass is 462 g/mol. The Morgan fingerprint density at radius 3 is 2.67 bits per heavy atom. The lowest BCUT2D eigenvalue weighted by molar-refractivity contribution is -0.171. The van der Waals surface area contributed by atoms with Crippen LogP contribution in [0.15, 0.2) is 36.4 Å². The molecule has 2 unspecified atom stereocenters. The molecule has 174 valence electrons. The first-order valence-electron chi connectivity index (χ1n) is 10.4. The molecule has 10 heteroatoms. The maximum atomic E-state index is 13.6. The minimum Gasteiger partial charge on any atom is -0.331 e. The number of hydrogen-bond acceptors (Lipinski definition) is 4. The molecule has 2 aliphatic heterocycles. The number of hydrogen-bond donors (Lipinski definition) is 3. The zero-order chi connectivity index (χ0) is 23.9. The van der Waals surface area contributed by atoms with Crippen LogP contribution in [0.25, 0.3) is 0 Å². The first-order chi connectivity index (χ1) is 15.6. The molecule has 2 atom stereocenters. The van der Waals surface area contributed by atoms with Crippen LogP contribution in [-0.2, 0) is 11.3 Å². The van der Waals surface area contributed by atoms with E-state index < -0.39 is 17.9 Å². The molecule has 2 aliphatic rings. The number of fused-ring (bicyclic) bond motifs is 1. The summed E-state index contributed by atoms with van der Waals surface area (Å²) in [6, 6.07) is 8.82. The van der Waals surface area contributed by atoms with E-state index in [1.807, 2.05) is 6.92 Å². The van der Waals surface area contributed by atoms with Gasteiger partial charge in [-0.2, -0.15) is 13.2 Å². The number of carbonyl (C=O) groups is 2. The Kier molecular flexibility index (Phi) is 5.96. The second kappa shape index (κ2) is 8.58. The van der Waals surface area contributed by atoms with Gasteiger partial charge >= 0.3 is 12.1 Å². The van der Waals surface area contributed by atoms with E-state index in [-0.39, 0.29) is 29.2 Å². The molecule has 4 rings (SSSR count). The van der Waals surface area contributed by atoms with Crippen LogP contribution < -0.4 is 10.6 Å². The molecular formula is C23H22F4N4O2. The van der Waals surface area contributed by atoms with Crippen LogP contribution >= 0.6 is 0 Å². The summed E-state index contributed by atoms with van der Waals surface area (Å²) in [4.78, 5) is 26.2. The summed E-state index contributed by atoms with van der Waals surface area (Å²) < 4.78 is 51.1. The Morgan fingerprint density at radius 1 is 1.21 bits per heavy atom. The third-order valence-electron chi connectivity index (χ3n) is 6.20. The number of nitrogens with zero attached hydrogens (tertiary/aromatic N) is 1. The zero-order valence-electron chi connectivity index (χ0n) is 17.7. The number of piperidine rings is 1. The van der Waals surface area contributed by atoms with Crippen molar-refractivity contribution in [2.24, 2.45) is 0 Å². The maximum Gasteiger partial charge on any atom is 0.471 e. The summed E-state index contributed by atoms with van der Waals surface area (Å²) in [5, 5.41) is 12.6. The molecule has 1 fully saturated rings. The molecule has 0 bridgehead atoms. The van der Waals surface area contributed by atoms with Crippen LogP contribution in [0.4, 0.5) is 17.6 Å². The Morgan fingerprint density at radius 2 is 1.97 bits per heavy atom. The summed E-state index contributed by atoms with van der Waals surface area (Å²) >= 11 is 0. The Hall–Kier alpha value is -3.27. The van der Waals surface area contributed by atoms with Gasteiger partial charge in [-0.15, -0.1) is 0 Å². The summed E-state index contributed by atoms with van der Waals surface area (Å²) in [7, 11) is 0. The van der Waals surface area contributed by atoms with Gasteiger partial charge in [0.2, 0.25) is 0 Å². The third kappa shape index (κ3) is 4.47. The first-order valence-corrected chi connectivity index (χ1v) is 10.4. The standard InChI is InChI=1S/C23H22F4N4O2/c1-12-8-15(24)4-5-16(12)18-10-29-7-6-19(18)31-11-14-3-2-13(9-17(14)21(31)32)20(28)30-22(33)23(25,26)27/h2-5,8-9,18-19,29H,6-7,10-11H2,1H3,(H2,28,30,33). The first kappa shape index (κ1) is 22.9. The predicted octanol–water partition coefficient (Wildman–Crippen LogP) is 3.24. The molecule has 0 spiro atoms. The lowest BCUT2D eigenvalue weighted by Gasteiger charge is -2.39. The second-order valence-electron chi connectivity index (χ2n) is 8.30. The quantitative estimate of drug-likeness (QED) is 0.372. The van der Waals surface area contributed by atoms with Gasteiger partial charge < -0.3 is 15.5 Å². The third-order valence-corrected chi connectivity index (χ3v) is 6.20. The van der Waals surface area contributed by atoms with Gasteiger partial charge in [-0.25, -0.2) is 4.39 Å². The number of benzene rings is 2. The highest BCUT2D eigenvalue weighted by Crippen LogP contribution is 2.35. The highest BCUT2D eigenvalue weighted by atomic mass is 19.4. The van der Waals surface area contributed by atoms with E-state index >= 15 is 0 Å². The highest BCUT2D eigenvalue weighted by molar-refractivity contribution is 6.09. The Bertz CT molecular complexity index is 1130. The number of rotatable bonds is 3. The van der Waals surface area contributed by atoms with E-state index in [2.05, 4.69) is 5.32 Å². The van der Waals surface area contributed by atoms with Gasteiger partial charge in [0.25, 0.3) is 5.91 Å². The van der Waals surface area contributed by atoms with Crippen LogP contribution in [0.2, 0.25) is 0 Å². The molecule has 2 heterocycles. The topological polar surface area (TPSA) is 85.3 Å². The highest BCUT2D eigenvalue weighted by Gasteiger charge is 2.41. The summed E-state index contributed by atoms with van der Waals surface area (Å²) in [5.74, 6) is -3.63. The van der Waals surface area contributed by atoms with E-state index in [9.17, 15) is 27.2 Å². The average molecular weight is 462 g/mol. The molecule has 0 saturated carbocycles. The number of nitrogens with one attached hydrogen (secondary N) is 3. The Labute approximate surface area is 187 Å². The number of alkyl halides is 3. The van der Waals surface area contributed by atoms with Gasteiger partial charge in [0.05, 0.1) is 0 Å². The van der Waals surface area contributed by atoms with Gasteiger partial charge in [0.1, 0.15) is 11.7 Å². The molecule has 1 saturated heterocycles. The van der Waals surface area contributed by atoms with Gasteiger partial charge in [0.15, 0.2) is 0 Å². The summed E-state index contributed by atoms with van der Waals surface area (Å²) in [6.07, 6.45) is -4.43. The number of amides is 2. The normalized spacial score (nSPS) is 20.5. The molecule has 0 aliphatic carbocycles. The SMILES string of the molecule is Cc1cc(F)ccc1C1CNCCC1N1Cc2ccc(C(=N)NC(=O)C(F)(F)F)cc2C1=O. The smallest absolute Gasteiger partial charge is 0.331 e. The van der Waals surface area contributed by atoms with Crippen molar-refractivity contribution in [1.82, 2.24) is 15.5 Å². The van der Waals surface area contributed by atoms with E-state index in [0.29, 0.717) is 37.2 Å². The van der Waals surface area contributed by atoms with Gasteiger partial charge in [0, 0.05) is 36.2 Å². The molecule has 0 radical (unpaired) electrons. The van der Waals surface area contributed by atoms with Crippen molar-refractivity contribution in [1.29, 1.82) is 5.41 Å². The van der Waals surface area contributed by atoms with E-state index in [1.54, 1.807) is 17.0 Å². The van der Waals surface area contributed by atoms with Crippen molar-refractivity contribution >= 4 is 17.6 Å². The van der Waals surface area contributed by atoms with E-state index in [0.717, 1.165) is 11.1 Å². The summed E-state index contributed by atoms with van der Waals surface area (Å²) in [5.41, 5.74) is 2.76. The number of halogens is 4. The summed E-state index contributed by atoms with van der Waals surface area (Å²) in [6.45, 7) is 3.49. The molecule has 0 aromatic heterocycles. The molecule has 6 nitrogen and oxygen atoms in total. The fourth-order valence-electron chi connectivity index (χ4n) is 4.59. The van der Waals surface area contributed by atoms with Crippen LogP contribution in [-0.4, -0.2) is 47.9 Å². The molecule has 3 N–H and O–H groups in total. The predicted molar refractivity (Wildman–Crippen MR) is 112 cm³/mol. The second-order valence-corrected chi connectivity index (χ2v) is 8.30. The van der Waals surface area contributed by atoms with Crippen LogP contribution in [0.1, 0.15) is 45.0 Å². The molecule has 2 aromatic carbocycles. The van der Waals surface area contributed by atoms with Gasteiger partial charge in [-0.05, 0) is 54.8 Å². The molecular weight excluding hydrogens is 440 g/mol. The largest absolute Gasteiger partial charge is 0.471 e. The maximum absolute atomic E-state index is 13.6. The van der Waals surface area contributed by atoms with Gasteiger partial charge in [-0.1, -0.05) is 18.2 Å². The van der Waals surface area contributed by atoms with Crippen LogP contribution in [0, 0.1) is 18.2 Å². The van der Waals surface area contributed by atoms with Crippen molar-refractivity contribution < 1.29 is 27.2 Å². The van der Waals surface area contributed by atoms with Crippen LogP contribution in [0.3, 0.4) is 0 Å².